The molecular weight excluding hydrogens is 376 g/mol. The Bertz CT molecular complexity index is 564. The minimum atomic E-state index is -1.66. The smallest absolute Gasteiger partial charge is 0.330 e. The van der Waals surface area contributed by atoms with Gasteiger partial charge in [0.1, 0.15) is 0 Å². The molecule has 166 valence electrons. The number of aliphatic hydroxyl groups excluding tert-OH is 1. The van der Waals surface area contributed by atoms with Crippen molar-refractivity contribution in [3.63, 3.8) is 0 Å². The van der Waals surface area contributed by atoms with Gasteiger partial charge in [-0.1, -0.05) is 46.0 Å². The molecule has 7 nitrogen and oxygen atoms in total. The van der Waals surface area contributed by atoms with E-state index in [-0.39, 0.29) is 19.6 Å². The van der Waals surface area contributed by atoms with Gasteiger partial charge in [-0.3, -0.25) is 9.59 Å². The normalized spacial score (nSPS) is 21.8. The van der Waals surface area contributed by atoms with Crippen LogP contribution < -0.4 is 0 Å². The maximum Gasteiger partial charge on any atom is 0.330 e. The van der Waals surface area contributed by atoms with Crippen molar-refractivity contribution in [2.75, 3.05) is 19.8 Å². The summed E-state index contributed by atoms with van der Waals surface area (Å²) in [5, 5.41) is 10.5. The van der Waals surface area contributed by atoms with E-state index in [4.69, 9.17) is 14.2 Å². The van der Waals surface area contributed by atoms with Crippen LogP contribution in [0.25, 0.3) is 0 Å². The third-order valence-corrected chi connectivity index (χ3v) is 5.45. The van der Waals surface area contributed by atoms with Gasteiger partial charge in [0, 0.05) is 18.4 Å². The maximum atomic E-state index is 12.6. The molecule has 2 atom stereocenters. The number of carbonyl (C=O) groups is 3. The SMILES string of the molecule is CCCCCCCCOC(=O)/C=C1\C(O)CC(C(=O)OCC)(C(=O)OCC)C1C. The van der Waals surface area contributed by atoms with Gasteiger partial charge >= 0.3 is 17.9 Å². The monoisotopic (exact) mass is 412 g/mol. The van der Waals surface area contributed by atoms with Gasteiger partial charge in [-0.05, 0) is 25.8 Å². The zero-order valence-corrected chi connectivity index (χ0v) is 18.2. The highest BCUT2D eigenvalue weighted by Gasteiger charge is 2.60. The van der Waals surface area contributed by atoms with Crippen molar-refractivity contribution in [3.8, 4) is 0 Å². The number of hydrogen-bond acceptors (Lipinski definition) is 7. The van der Waals surface area contributed by atoms with Gasteiger partial charge in [-0.25, -0.2) is 4.79 Å². The summed E-state index contributed by atoms with van der Waals surface area (Å²) in [5.41, 5.74) is -1.37. The molecule has 0 aliphatic heterocycles. The van der Waals surface area contributed by atoms with Crippen molar-refractivity contribution in [1.29, 1.82) is 0 Å². The number of hydrogen-bond donors (Lipinski definition) is 1. The molecular formula is C22H36O7. The molecule has 0 aromatic carbocycles. The Labute approximate surface area is 173 Å². The largest absolute Gasteiger partial charge is 0.465 e. The van der Waals surface area contributed by atoms with Crippen molar-refractivity contribution in [2.24, 2.45) is 11.3 Å². The number of aliphatic hydroxyl groups is 1. The summed E-state index contributed by atoms with van der Waals surface area (Å²) in [6.07, 6.45) is 6.37. The zero-order chi connectivity index (χ0) is 21.9. The standard InChI is InChI=1S/C22H36O7/c1-5-8-9-10-11-12-13-29-19(24)14-17-16(4)22(15-18(17)23,20(25)27-6-2)21(26)28-7-3/h14,16,18,23H,5-13,15H2,1-4H3/b17-14-. The molecule has 0 spiro atoms. The van der Waals surface area contributed by atoms with Crippen LogP contribution in [0.3, 0.4) is 0 Å². The lowest BCUT2D eigenvalue weighted by Gasteiger charge is -2.28. The van der Waals surface area contributed by atoms with E-state index in [0.717, 1.165) is 19.3 Å². The summed E-state index contributed by atoms with van der Waals surface area (Å²) >= 11 is 0. The fraction of sp³-hybridized carbons (Fsp3) is 0.773. The first-order valence-electron chi connectivity index (χ1n) is 10.8. The topological polar surface area (TPSA) is 99.1 Å². The number of esters is 3. The Morgan fingerprint density at radius 1 is 0.966 bits per heavy atom. The molecule has 1 N–H and O–H groups in total. The minimum Gasteiger partial charge on any atom is -0.465 e. The molecule has 1 saturated carbocycles. The quantitative estimate of drug-likeness (QED) is 0.173. The highest BCUT2D eigenvalue weighted by atomic mass is 16.6. The predicted molar refractivity (Wildman–Crippen MR) is 108 cm³/mol. The summed E-state index contributed by atoms with van der Waals surface area (Å²) in [7, 11) is 0. The number of carbonyl (C=O) groups excluding carboxylic acids is 3. The van der Waals surface area contributed by atoms with Gasteiger partial charge in [0.2, 0.25) is 0 Å². The lowest BCUT2D eigenvalue weighted by molar-refractivity contribution is -0.175. The first-order valence-corrected chi connectivity index (χ1v) is 10.8. The summed E-state index contributed by atoms with van der Waals surface area (Å²) in [6.45, 7) is 7.57. The predicted octanol–water partition coefficient (Wildman–Crippen LogP) is 3.33. The van der Waals surface area contributed by atoms with E-state index in [1.165, 1.54) is 25.3 Å². The van der Waals surface area contributed by atoms with Gasteiger partial charge in [0.15, 0.2) is 5.41 Å². The van der Waals surface area contributed by atoms with E-state index in [1.807, 2.05) is 0 Å². The molecule has 29 heavy (non-hydrogen) atoms. The molecule has 1 rings (SSSR count). The average molecular weight is 413 g/mol. The third kappa shape index (κ3) is 6.56. The Hall–Kier alpha value is -1.89. The molecule has 0 bridgehead atoms. The molecule has 0 saturated heterocycles. The first-order chi connectivity index (χ1) is 13.8. The van der Waals surface area contributed by atoms with Gasteiger partial charge < -0.3 is 19.3 Å². The van der Waals surface area contributed by atoms with E-state index >= 15 is 0 Å². The summed E-state index contributed by atoms with van der Waals surface area (Å²) in [4.78, 5) is 37.4. The Morgan fingerprint density at radius 2 is 1.52 bits per heavy atom. The maximum absolute atomic E-state index is 12.6. The molecule has 0 amide bonds. The third-order valence-electron chi connectivity index (χ3n) is 5.45. The Morgan fingerprint density at radius 3 is 2.07 bits per heavy atom. The molecule has 0 aromatic heterocycles. The fourth-order valence-corrected chi connectivity index (χ4v) is 3.75. The molecule has 7 heteroatoms. The van der Waals surface area contributed by atoms with Gasteiger partial charge in [0.25, 0.3) is 0 Å². The van der Waals surface area contributed by atoms with Gasteiger partial charge in [0.05, 0.1) is 25.9 Å². The van der Waals surface area contributed by atoms with Gasteiger partial charge in [-0.15, -0.1) is 0 Å². The Kier molecular flexibility index (Phi) is 10.9. The first kappa shape index (κ1) is 25.1. The number of unbranched alkanes of at least 4 members (excludes halogenated alkanes) is 5. The van der Waals surface area contributed by atoms with Crippen molar-refractivity contribution in [2.45, 2.75) is 78.7 Å². The molecule has 2 unspecified atom stereocenters. The number of rotatable bonds is 12. The average Bonchev–Trinajstić information content (AvgIpc) is 2.93. The second-order valence-corrected chi connectivity index (χ2v) is 7.43. The van der Waals surface area contributed by atoms with Crippen LogP contribution in [0.15, 0.2) is 11.6 Å². The van der Waals surface area contributed by atoms with Crippen LogP contribution in [0.4, 0.5) is 0 Å². The van der Waals surface area contributed by atoms with Crippen LogP contribution in [0, 0.1) is 11.3 Å². The van der Waals surface area contributed by atoms with E-state index in [2.05, 4.69) is 6.92 Å². The van der Waals surface area contributed by atoms with Crippen molar-refractivity contribution < 1.29 is 33.7 Å². The molecule has 1 aliphatic rings. The second-order valence-electron chi connectivity index (χ2n) is 7.43. The lowest BCUT2D eigenvalue weighted by atomic mass is 9.77. The van der Waals surface area contributed by atoms with E-state index < -0.39 is 35.3 Å². The van der Waals surface area contributed by atoms with Crippen molar-refractivity contribution >= 4 is 17.9 Å². The molecule has 1 fully saturated rings. The zero-order valence-electron chi connectivity index (χ0n) is 18.2. The summed E-state index contributed by atoms with van der Waals surface area (Å²) < 4.78 is 15.4. The highest BCUT2D eigenvalue weighted by Crippen LogP contribution is 2.48. The fourth-order valence-electron chi connectivity index (χ4n) is 3.75. The van der Waals surface area contributed by atoms with Crippen LogP contribution >= 0.6 is 0 Å². The highest BCUT2D eigenvalue weighted by molar-refractivity contribution is 6.02. The molecule has 0 heterocycles. The van der Waals surface area contributed by atoms with Gasteiger partial charge in [-0.2, -0.15) is 0 Å². The van der Waals surface area contributed by atoms with Crippen LogP contribution in [-0.2, 0) is 28.6 Å². The molecule has 0 aromatic rings. The van der Waals surface area contributed by atoms with Crippen molar-refractivity contribution in [1.82, 2.24) is 0 Å². The molecule has 0 radical (unpaired) electrons. The Balaban J connectivity index is 2.79. The summed E-state index contributed by atoms with van der Waals surface area (Å²) in [6, 6.07) is 0. The molecule has 1 aliphatic carbocycles. The summed E-state index contributed by atoms with van der Waals surface area (Å²) in [5.74, 6) is -2.80. The van der Waals surface area contributed by atoms with E-state index in [1.54, 1.807) is 20.8 Å². The minimum absolute atomic E-state index is 0.0994. The van der Waals surface area contributed by atoms with Crippen LogP contribution in [-0.4, -0.2) is 48.9 Å². The second kappa shape index (κ2) is 12.6. The lowest BCUT2D eigenvalue weighted by Crippen LogP contribution is -2.44. The van der Waals surface area contributed by atoms with Crippen molar-refractivity contribution in [3.05, 3.63) is 11.6 Å². The van der Waals surface area contributed by atoms with E-state index in [0.29, 0.717) is 12.2 Å². The van der Waals surface area contributed by atoms with Crippen LogP contribution in [0.1, 0.15) is 72.6 Å². The van der Waals surface area contributed by atoms with E-state index in [9.17, 15) is 19.5 Å². The van der Waals surface area contributed by atoms with Crippen LogP contribution in [0.5, 0.6) is 0 Å². The van der Waals surface area contributed by atoms with Crippen LogP contribution in [0.2, 0.25) is 0 Å². The number of ether oxygens (including phenoxy) is 3.